The molecule has 20 heavy (non-hydrogen) atoms. The van der Waals surface area contributed by atoms with Gasteiger partial charge in [0.1, 0.15) is 0 Å². The monoisotopic (exact) mass is 395 g/mol. The Bertz CT molecular complexity index is 427. The number of aromatic hydroxyl groups is 1. The molecule has 0 aliphatic carbocycles. The van der Waals surface area contributed by atoms with Gasteiger partial charge < -0.3 is 15.7 Å². The molecule has 3 N–H and O–H groups in total. The van der Waals surface area contributed by atoms with Crippen molar-refractivity contribution in [2.45, 2.75) is 32.7 Å². The predicted octanol–water partition coefficient (Wildman–Crippen LogP) is 3.00. The van der Waals surface area contributed by atoms with E-state index >= 15 is 0 Å². The Morgan fingerprint density at radius 3 is 2.65 bits per heavy atom. The third kappa shape index (κ3) is 6.93. The smallest absolute Gasteiger partial charge is 0.191 e. The van der Waals surface area contributed by atoms with E-state index in [4.69, 9.17) is 5.11 Å². The molecule has 1 aromatic rings. The lowest BCUT2D eigenvalue weighted by Gasteiger charge is -2.11. The van der Waals surface area contributed by atoms with Gasteiger partial charge in [-0.3, -0.25) is 4.99 Å². The molecule has 6 heteroatoms. The first kappa shape index (κ1) is 18.9. The van der Waals surface area contributed by atoms with E-state index in [9.17, 15) is 4.39 Å². The van der Waals surface area contributed by atoms with Crippen molar-refractivity contribution in [3.63, 3.8) is 0 Å². The molecule has 0 atom stereocenters. The summed E-state index contributed by atoms with van der Waals surface area (Å²) in [4.78, 5) is 4.09. The molecular formula is C14H23FIN3O. The van der Waals surface area contributed by atoms with E-state index < -0.39 is 5.82 Å². The molecule has 0 aromatic heterocycles. The Labute approximate surface area is 136 Å². The van der Waals surface area contributed by atoms with E-state index in [2.05, 4.69) is 22.5 Å². The zero-order valence-corrected chi connectivity index (χ0v) is 14.3. The lowest BCUT2D eigenvalue weighted by Crippen LogP contribution is -2.37. The van der Waals surface area contributed by atoms with Crippen LogP contribution in [0.4, 0.5) is 4.39 Å². The SMILES string of the molecule is CCCCCNC(=NC)NCc1ccc(O)c(F)c1.I. The van der Waals surface area contributed by atoms with E-state index in [1.54, 1.807) is 13.1 Å². The molecule has 0 bridgehead atoms. The second-order valence-corrected chi connectivity index (χ2v) is 4.35. The van der Waals surface area contributed by atoms with E-state index in [1.807, 2.05) is 0 Å². The molecule has 0 fully saturated rings. The van der Waals surface area contributed by atoms with Crippen molar-refractivity contribution in [3.8, 4) is 5.75 Å². The predicted molar refractivity (Wildman–Crippen MR) is 91.2 cm³/mol. The number of nitrogens with one attached hydrogen (secondary N) is 2. The maximum Gasteiger partial charge on any atom is 0.191 e. The molecule has 0 unspecified atom stereocenters. The fourth-order valence-electron chi connectivity index (χ4n) is 1.65. The molecule has 1 aromatic carbocycles. The van der Waals surface area contributed by atoms with Gasteiger partial charge in [0, 0.05) is 20.1 Å². The molecule has 0 radical (unpaired) electrons. The standard InChI is InChI=1S/C14H22FN3O.HI/c1-3-4-5-8-17-14(16-2)18-10-11-6-7-13(19)12(15)9-11;/h6-7,9,19H,3-5,8,10H2,1-2H3,(H2,16,17,18);1H. The van der Waals surface area contributed by atoms with Crippen molar-refractivity contribution in [2.75, 3.05) is 13.6 Å². The number of hydrogen-bond acceptors (Lipinski definition) is 2. The van der Waals surface area contributed by atoms with E-state index in [-0.39, 0.29) is 29.7 Å². The summed E-state index contributed by atoms with van der Waals surface area (Å²) < 4.78 is 13.1. The second-order valence-electron chi connectivity index (χ2n) is 4.35. The lowest BCUT2D eigenvalue weighted by atomic mass is 10.2. The summed E-state index contributed by atoms with van der Waals surface area (Å²) in [7, 11) is 1.70. The number of hydrogen-bond donors (Lipinski definition) is 3. The minimum atomic E-state index is -0.606. The van der Waals surface area contributed by atoms with Gasteiger partial charge in [0.15, 0.2) is 17.5 Å². The maximum absolute atomic E-state index is 13.1. The number of phenols is 1. The van der Waals surface area contributed by atoms with Gasteiger partial charge in [-0.2, -0.15) is 0 Å². The first-order valence-corrected chi connectivity index (χ1v) is 6.59. The summed E-state index contributed by atoms with van der Waals surface area (Å²) in [6.07, 6.45) is 3.47. The Kier molecular flexibility index (Phi) is 10.1. The number of halogens is 2. The van der Waals surface area contributed by atoms with Crippen LogP contribution in [0.3, 0.4) is 0 Å². The van der Waals surface area contributed by atoms with Gasteiger partial charge in [0.2, 0.25) is 0 Å². The highest BCUT2D eigenvalue weighted by Gasteiger charge is 2.02. The summed E-state index contributed by atoms with van der Waals surface area (Å²) in [5.41, 5.74) is 0.756. The average molecular weight is 395 g/mol. The highest BCUT2D eigenvalue weighted by atomic mass is 127. The summed E-state index contributed by atoms with van der Waals surface area (Å²) in [5, 5.41) is 15.4. The van der Waals surface area contributed by atoms with Crippen LogP contribution in [0.2, 0.25) is 0 Å². The molecule has 114 valence electrons. The summed E-state index contributed by atoms with van der Waals surface area (Å²) in [5.74, 6) is -0.236. The zero-order chi connectivity index (χ0) is 14.1. The minimum Gasteiger partial charge on any atom is -0.505 e. The Balaban J connectivity index is 0.00000361. The van der Waals surface area contributed by atoms with Crippen LogP contribution in [0.1, 0.15) is 31.7 Å². The van der Waals surface area contributed by atoms with Crippen molar-refractivity contribution >= 4 is 29.9 Å². The van der Waals surface area contributed by atoms with Crippen LogP contribution in [-0.4, -0.2) is 24.7 Å². The molecule has 0 heterocycles. The van der Waals surface area contributed by atoms with Crippen molar-refractivity contribution in [3.05, 3.63) is 29.6 Å². The van der Waals surface area contributed by atoms with Gasteiger partial charge in [0.05, 0.1) is 0 Å². The Hall–Kier alpha value is -1.05. The molecule has 0 aliphatic rings. The lowest BCUT2D eigenvalue weighted by molar-refractivity contribution is 0.431. The van der Waals surface area contributed by atoms with Gasteiger partial charge >= 0.3 is 0 Å². The number of nitrogens with zero attached hydrogens (tertiary/aromatic N) is 1. The van der Waals surface area contributed by atoms with Crippen LogP contribution in [-0.2, 0) is 6.54 Å². The third-order valence-electron chi connectivity index (χ3n) is 2.77. The first-order chi connectivity index (χ1) is 9.17. The molecule has 0 amide bonds. The number of unbranched alkanes of at least 4 members (excludes halogenated alkanes) is 2. The van der Waals surface area contributed by atoms with Crippen LogP contribution in [0.15, 0.2) is 23.2 Å². The van der Waals surface area contributed by atoms with Gasteiger partial charge in [-0.25, -0.2) is 4.39 Å². The summed E-state index contributed by atoms with van der Waals surface area (Å²) in [6.45, 7) is 3.49. The van der Waals surface area contributed by atoms with E-state index in [0.717, 1.165) is 18.5 Å². The Morgan fingerprint density at radius 2 is 2.05 bits per heavy atom. The summed E-state index contributed by atoms with van der Waals surface area (Å²) >= 11 is 0. The van der Waals surface area contributed by atoms with Crippen molar-refractivity contribution in [2.24, 2.45) is 4.99 Å². The number of rotatable bonds is 6. The molecule has 0 saturated heterocycles. The largest absolute Gasteiger partial charge is 0.505 e. The Morgan fingerprint density at radius 1 is 1.30 bits per heavy atom. The summed E-state index contributed by atoms with van der Waals surface area (Å²) in [6, 6.07) is 4.34. The van der Waals surface area contributed by atoms with Crippen LogP contribution < -0.4 is 10.6 Å². The quantitative estimate of drug-likeness (QED) is 0.301. The highest BCUT2D eigenvalue weighted by molar-refractivity contribution is 14.0. The third-order valence-corrected chi connectivity index (χ3v) is 2.77. The van der Waals surface area contributed by atoms with Crippen LogP contribution in [0, 0.1) is 5.82 Å². The number of benzene rings is 1. The van der Waals surface area contributed by atoms with Gasteiger partial charge in [-0.15, -0.1) is 24.0 Å². The molecule has 0 saturated carbocycles. The number of phenolic OH excluding ortho intramolecular Hbond substituents is 1. The van der Waals surface area contributed by atoms with Crippen molar-refractivity contribution in [1.82, 2.24) is 10.6 Å². The number of guanidine groups is 1. The zero-order valence-electron chi connectivity index (χ0n) is 11.9. The second kappa shape index (κ2) is 10.7. The topological polar surface area (TPSA) is 56.7 Å². The molecule has 4 nitrogen and oxygen atoms in total. The van der Waals surface area contributed by atoms with Crippen LogP contribution in [0.5, 0.6) is 5.75 Å². The maximum atomic E-state index is 13.1. The van der Waals surface area contributed by atoms with Gasteiger partial charge in [0.25, 0.3) is 0 Å². The van der Waals surface area contributed by atoms with Crippen LogP contribution >= 0.6 is 24.0 Å². The fraction of sp³-hybridized carbons (Fsp3) is 0.500. The first-order valence-electron chi connectivity index (χ1n) is 6.59. The number of aliphatic imine (C=N–C) groups is 1. The van der Waals surface area contributed by atoms with E-state index in [1.165, 1.54) is 25.0 Å². The van der Waals surface area contributed by atoms with Gasteiger partial charge in [-0.05, 0) is 24.1 Å². The van der Waals surface area contributed by atoms with E-state index in [0.29, 0.717) is 12.5 Å². The van der Waals surface area contributed by atoms with Crippen molar-refractivity contribution < 1.29 is 9.50 Å². The highest BCUT2D eigenvalue weighted by Crippen LogP contribution is 2.15. The molecular weight excluding hydrogens is 372 g/mol. The minimum absolute atomic E-state index is 0. The van der Waals surface area contributed by atoms with Crippen LogP contribution in [0.25, 0.3) is 0 Å². The molecule has 0 spiro atoms. The fourth-order valence-corrected chi connectivity index (χ4v) is 1.65. The normalized spacial score (nSPS) is 10.8. The molecule has 1 rings (SSSR count). The average Bonchev–Trinajstić information content (AvgIpc) is 2.42. The van der Waals surface area contributed by atoms with Gasteiger partial charge in [-0.1, -0.05) is 25.8 Å². The van der Waals surface area contributed by atoms with Crippen molar-refractivity contribution in [1.29, 1.82) is 0 Å². The molecule has 0 aliphatic heterocycles.